The van der Waals surface area contributed by atoms with Crippen molar-refractivity contribution in [2.45, 2.75) is 59.8 Å². The van der Waals surface area contributed by atoms with Crippen LogP contribution >= 0.6 is 0 Å². The maximum absolute atomic E-state index is 12.3. The van der Waals surface area contributed by atoms with Gasteiger partial charge in [-0.25, -0.2) is 4.99 Å². The second-order valence-corrected chi connectivity index (χ2v) is 7.02. The molecule has 1 aliphatic heterocycles. The van der Waals surface area contributed by atoms with Gasteiger partial charge in [-0.3, -0.25) is 9.59 Å². The van der Waals surface area contributed by atoms with E-state index in [0.717, 1.165) is 47.4 Å². The number of benzene rings is 1. The Labute approximate surface area is 150 Å². The highest BCUT2D eigenvalue weighted by Crippen LogP contribution is 2.14. The smallest absolute Gasteiger partial charge is 0.253 e. The summed E-state index contributed by atoms with van der Waals surface area (Å²) in [5.41, 5.74) is 2.21. The van der Waals surface area contributed by atoms with E-state index in [9.17, 15) is 9.59 Å². The Balaban J connectivity index is 1.99. The van der Waals surface area contributed by atoms with Gasteiger partial charge < -0.3 is 5.32 Å². The molecule has 0 fully saturated rings. The monoisotopic (exact) mass is 342 g/mol. The first-order chi connectivity index (χ1) is 12.0. The van der Waals surface area contributed by atoms with Gasteiger partial charge in [0.05, 0.1) is 11.3 Å². The highest BCUT2D eigenvalue weighted by molar-refractivity contribution is 5.86. The molecule has 1 unspecified atom stereocenters. The van der Waals surface area contributed by atoms with Crippen LogP contribution in [0.4, 0.5) is 0 Å². The van der Waals surface area contributed by atoms with Crippen molar-refractivity contribution in [2.75, 3.05) is 6.54 Å². The second kappa shape index (κ2) is 8.93. The van der Waals surface area contributed by atoms with Gasteiger partial charge >= 0.3 is 0 Å². The summed E-state index contributed by atoms with van der Waals surface area (Å²) >= 11 is 0. The summed E-state index contributed by atoms with van der Waals surface area (Å²) in [6, 6.07) is 4.09. The summed E-state index contributed by atoms with van der Waals surface area (Å²) < 4.78 is 0. The van der Waals surface area contributed by atoms with Gasteiger partial charge in [0.1, 0.15) is 0 Å². The third-order valence-electron chi connectivity index (χ3n) is 5.05. The van der Waals surface area contributed by atoms with Crippen molar-refractivity contribution in [1.29, 1.82) is 0 Å². The highest BCUT2D eigenvalue weighted by Gasteiger charge is 2.21. The van der Waals surface area contributed by atoms with Gasteiger partial charge in [-0.1, -0.05) is 44.9 Å². The standard InChI is InChI=1S/C21H30N2O2/c1-5-7-16(8-6-2)20(24)22-12-11-18-13-17-10-9-14(3)15(4)19(17)23-21(18)25/h9-10,13,16,18H,5-8,11-12H2,1-4H3,(H,22,24). The lowest BCUT2D eigenvalue weighted by Gasteiger charge is -2.17. The third kappa shape index (κ3) is 4.77. The second-order valence-electron chi connectivity index (χ2n) is 7.02. The van der Waals surface area contributed by atoms with Gasteiger partial charge in [0, 0.05) is 12.5 Å². The van der Waals surface area contributed by atoms with Crippen molar-refractivity contribution < 1.29 is 9.59 Å². The van der Waals surface area contributed by atoms with Crippen LogP contribution in [0.5, 0.6) is 0 Å². The van der Waals surface area contributed by atoms with E-state index < -0.39 is 0 Å². The summed E-state index contributed by atoms with van der Waals surface area (Å²) in [6.45, 7) is 8.76. The molecule has 1 N–H and O–H groups in total. The number of carbonyl (C=O) groups is 2. The largest absolute Gasteiger partial charge is 0.356 e. The zero-order valence-electron chi connectivity index (χ0n) is 15.9. The maximum Gasteiger partial charge on any atom is 0.253 e. The van der Waals surface area contributed by atoms with Crippen molar-refractivity contribution in [3.05, 3.63) is 33.8 Å². The van der Waals surface area contributed by atoms with Gasteiger partial charge in [-0.15, -0.1) is 0 Å². The number of hydrogen-bond donors (Lipinski definition) is 1. The zero-order chi connectivity index (χ0) is 18.4. The Morgan fingerprint density at radius 1 is 1.20 bits per heavy atom. The van der Waals surface area contributed by atoms with Gasteiger partial charge in [0.25, 0.3) is 5.91 Å². The predicted molar refractivity (Wildman–Crippen MR) is 101 cm³/mol. The molecule has 0 saturated heterocycles. The molecule has 0 aliphatic carbocycles. The Hall–Kier alpha value is -1.97. The van der Waals surface area contributed by atoms with Crippen LogP contribution in [0.1, 0.15) is 57.1 Å². The number of amides is 2. The molecule has 0 saturated carbocycles. The van der Waals surface area contributed by atoms with Crippen LogP contribution in [0, 0.1) is 25.7 Å². The van der Waals surface area contributed by atoms with Crippen LogP contribution in [0.3, 0.4) is 0 Å². The molecular formula is C21H30N2O2. The van der Waals surface area contributed by atoms with Crippen molar-refractivity contribution in [1.82, 2.24) is 5.32 Å². The van der Waals surface area contributed by atoms with Crippen molar-refractivity contribution in [3.8, 4) is 0 Å². The molecule has 0 aromatic heterocycles. The average Bonchev–Trinajstić information content (AvgIpc) is 2.59. The van der Waals surface area contributed by atoms with E-state index in [2.05, 4.69) is 30.2 Å². The number of nitrogens with one attached hydrogen (secondary N) is 1. The van der Waals surface area contributed by atoms with E-state index in [1.54, 1.807) is 0 Å². The van der Waals surface area contributed by atoms with E-state index in [4.69, 9.17) is 0 Å². The van der Waals surface area contributed by atoms with Crippen LogP contribution in [0.25, 0.3) is 6.08 Å². The molecule has 0 bridgehead atoms. The predicted octanol–water partition coefficient (Wildman–Crippen LogP) is 2.58. The first-order valence-electron chi connectivity index (χ1n) is 9.46. The minimum absolute atomic E-state index is 0.0945. The molecule has 2 rings (SSSR count). The number of hydrogen-bond acceptors (Lipinski definition) is 2. The van der Waals surface area contributed by atoms with Crippen molar-refractivity contribution in [2.24, 2.45) is 16.8 Å². The fourth-order valence-corrected chi connectivity index (χ4v) is 3.39. The van der Waals surface area contributed by atoms with Crippen LogP contribution in [0.15, 0.2) is 17.1 Å². The van der Waals surface area contributed by atoms with Gasteiger partial charge in [-0.05, 0) is 49.5 Å². The Kier molecular flexibility index (Phi) is 6.91. The molecule has 136 valence electrons. The Bertz CT molecular complexity index is 746. The molecule has 1 heterocycles. The SMILES string of the molecule is CCCC(CCC)C(=O)NCCC1C=c2ccc(C)c(C)c2=NC1=O. The number of aryl methyl sites for hydroxylation is 1. The first-order valence-corrected chi connectivity index (χ1v) is 9.46. The fourth-order valence-electron chi connectivity index (χ4n) is 3.39. The van der Waals surface area contributed by atoms with Gasteiger partial charge in [-0.2, -0.15) is 0 Å². The van der Waals surface area contributed by atoms with Crippen LogP contribution in [-0.2, 0) is 9.59 Å². The lowest BCUT2D eigenvalue weighted by atomic mass is 9.96. The Morgan fingerprint density at radius 2 is 1.88 bits per heavy atom. The summed E-state index contributed by atoms with van der Waals surface area (Å²) in [6.07, 6.45) is 6.48. The van der Waals surface area contributed by atoms with Gasteiger partial charge in [0.15, 0.2) is 0 Å². The summed E-state index contributed by atoms with van der Waals surface area (Å²) in [4.78, 5) is 28.9. The first kappa shape index (κ1) is 19.4. The normalized spacial score (nSPS) is 16.2. The summed E-state index contributed by atoms with van der Waals surface area (Å²) in [5.74, 6) is -0.132. The molecule has 1 aromatic rings. The van der Waals surface area contributed by atoms with E-state index in [-0.39, 0.29) is 23.7 Å². The highest BCUT2D eigenvalue weighted by atomic mass is 16.2. The van der Waals surface area contributed by atoms with Crippen LogP contribution in [-0.4, -0.2) is 18.4 Å². The minimum Gasteiger partial charge on any atom is -0.356 e. The maximum atomic E-state index is 12.3. The lowest BCUT2D eigenvalue weighted by molar-refractivity contribution is -0.126. The summed E-state index contributed by atoms with van der Waals surface area (Å²) in [5, 5.41) is 4.84. The van der Waals surface area contributed by atoms with Crippen molar-refractivity contribution >= 4 is 17.9 Å². The van der Waals surface area contributed by atoms with Crippen LogP contribution in [0.2, 0.25) is 0 Å². The molecule has 25 heavy (non-hydrogen) atoms. The molecule has 4 heteroatoms. The third-order valence-corrected chi connectivity index (χ3v) is 5.05. The molecule has 1 aliphatic rings. The lowest BCUT2D eigenvalue weighted by Crippen LogP contribution is -2.38. The average molecular weight is 342 g/mol. The molecule has 2 amide bonds. The van der Waals surface area contributed by atoms with E-state index >= 15 is 0 Å². The van der Waals surface area contributed by atoms with E-state index in [0.29, 0.717) is 13.0 Å². The summed E-state index contributed by atoms with van der Waals surface area (Å²) in [7, 11) is 0. The minimum atomic E-state index is -0.245. The number of rotatable bonds is 8. The number of nitrogens with zero attached hydrogens (tertiary/aromatic N) is 1. The quantitative estimate of drug-likeness (QED) is 0.789. The Morgan fingerprint density at radius 3 is 2.52 bits per heavy atom. The number of fused-ring (bicyclic) bond motifs is 1. The van der Waals surface area contributed by atoms with E-state index in [1.807, 2.05) is 26.0 Å². The molecular weight excluding hydrogens is 312 g/mol. The van der Waals surface area contributed by atoms with E-state index in [1.165, 1.54) is 0 Å². The van der Waals surface area contributed by atoms with Gasteiger partial charge in [0.2, 0.25) is 5.91 Å². The molecule has 1 atom stereocenters. The molecule has 4 nitrogen and oxygen atoms in total. The van der Waals surface area contributed by atoms with Crippen LogP contribution < -0.4 is 15.9 Å². The number of carbonyl (C=O) groups excluding carboxylic acids is 2. The molecule has 0 spiro atoms. The van der Waals surface area contributed by atoms with Crippen molar-refractivity contribution in [3.63, 3.8) is 0 Å². The topological polar surface area (TPSA) is 58.5 Å². The molecule has 0 radical (unpaired) electrons. The molecule has 1 aromatic carbocycles. The fraction of sp³-hybridized carbons (Fsp3) is 0.571. The zero-order valence-corrected chi connectivity index (χ0v) is 15.9.